The van der Waals surface area contributed by atoms with Crippen molar-refractivity contribution in [2.24, 2.45) is 23.1 Å². The molecule has 0 fully saturated rings. The van der Waals surface area contributed by atoms with E-state index in [-0.39, 0.29) is 12.1 Å². The van der Waals surface area contributed by atoms with Crippen LogP contribution < -0.4 is 17.2 Å². The monoisotopic (exact) mass is 245 g/mol. The van der Waals surface area contributed by atoms with Crippen molar-refractivity contribution in [3.05, 3.63) is 0 Å². The van der Waals surface area contributed by atoms with Crippen molar-refractivity contribution >= 4 is 5.97 Å². The van der Waals surface area contributed by atoms with Gasteiger partial charge in [0.25, 0.3) is 0 Å². The molecular weight excluding hydrogens is 218 g/mol. The molecule has 5 heteroatoms. The number of hydrogen-bond donors (Lipinski definition) is 4. The number of carboxylic acid groups (broad SMARTS) is 1. The van der Waals surface area contributed by atoms with Crippen molar-refractivity contribution < 1.29 is 9.90 Å². The first-order valence-corrected chi connectivity index (χ1v) is 6.52. The Balaban J connectivity index is 3.59. The predicted octanol–water partition coefficient (Wildman–Crippen LogP) is 1.01. The lowest BCUT2D eigenvalue weighted by molar-refractivity contribution is -0.142. The van der Waals surface area contributed by atoms with Gasteiger partial charge in [0.15, 0.2) is 0 Å². The van der Waals surface area contributed by atoms with Gasteiger partial charge in [-0.2, -0.15) is 0 Å². The Morgan fingerprint density at radius 1 is 0.941 bits per heavy atom. The van der Waals surface area contributed by atoms with Crippen molar-refractivity contribution in [2.75, 3.05) is 6.54 Å². The van der Waals surface area contributed by atoms with E-state index in [2.05, 4.69) is 0 Å². The molecule has 1 atom stereocenters. The summed E-state index contributed by atoms with van der Waals surface area (Å²) in [5, 5.41) is 9.05. The number of carbonyl (C=O) groups is 1. The lowest BCUT2D eigenvalue weighted by atomic mass is 9.95. The van der Waals surface area contributed by atoms with Gasteiger partial charge < -0.3 is 22.3 Å². The Kier molecular flexibility index (Phi) is 10.1. The molecule has 7 N–H and O–H groups in total. The van der Waals surface area contributed by atoms with Crippen LogP contribution in [0.3, 0.4) is 0 Å². The van der Waals surface area contributed by atoms with E-state index >= 15 is 0 Å². The fourth-order valence-corrected chi connectivity index (χ4v) is 1.87. The van der Waals surface area contributed by atoms with E-state index in [4.69, 9.17) is 22.3 Å². The van der Waals surface area contributed by atoms with E-state index in [0.29, 0.717) is 6.54 Å². The largest absolute Gasteiger partial charge is 0.481 e. The minimum Gasteiger partial charge on any atom is -0.481 e. The van der Waals surface area contributed by atoms with Gasteiger partial charge in [-0.15, -0.1) is 0 Å². The van der Waals surface area contributed by atoms with Gasteiger partial charge in [0, 0.05) is 0 Å². The molecule has 1 unspecified atom stereocenters. The van der Waals surface area contributed by atoms with E-state index < -0.39 is 5.97 Å². The minimum absolute atomic E-state index is 0.215. The van der Waals surface area contributed by atoms with Crippen LogP contribution in [0.4, 0.5) is 0 Å². The number of hydrogen-bond acceptors (Lipinski definition) is 4. The van der Waals surface area contributed by atoms with Crippen LogP contribution in [0.25, 0.3) is 0 Å². The molecule has 0 aromatic carbocycles. The summed E-state index contributed by atoms with van der Waals surface area (Å²) < 4.78 is 0. The van der Waals surface area contributed by atoms with Crippen LogP contribution in [-0.4, -0.2) is 23.8 Å². The molecule has 0 spiro atoms. The summed E-state index contributed by atoms with van der Waals surface area (Å²) in [5.41, 5.74) is 16.3. The molecule has 102 valence electrons. The van der Waals surface area contributed by atoms with Crippen LogP contribution in [0.1, 0.15) is 51.4 Å². The molecule has 0 aliphatic carbocycles. The molecule has 0 aromatic rings. The molecule has 0 heterocycles. The van der Waals surface area contributed by atoms with Crippen molar-refractivity contribution in [1.82, 2.24) is 0 Å². The summed E-state index contributed by atoms with van der Waals surface area (Å²) in [5.74, 6) is -0.898. The summed E-state index contributed by atoms with van der Waals surface area (Å²) in [4.78, 5) is 11.0. The maximum Gasteiger partial charge on any atom is 0.306 e. The Bertz CT molecular complexity index is 198. The molecule has 0 aromatic heterocycles. The van der Waals surface area contributed by atoms with E-state index in [1.54, 1.807) is 0 Å². The van der Waals surface area contributed by atoms with E-state index in [0.717, 1.165) is 51.4 Å². The number of unbranched alkanes of at least 4 members (excludes halogenated alkanes) is 3. The van der Waals surface area contributed by atoms with Gasteiger partial charge in [-0.1, -0.05) is 25.7 Å². The van der Waals surface area contributed by atoms with Crippen LogP contribution in [-0.2, 0) is 4.79 Å². The third-order valence-electron chi connectivity index (χ3n) is 2.95. The third kappa shape index (κ3) is 10.2. The Hall–Kier alpha value is -0.650. The van der Waals surface area contributed by atoms with Crippen LogP contribution in [0.2, 0.25) is 0 Å². The van der Waals surface area contributed by atoms with Crippen LogP contribution in [0.15, 0.2) is 0 Å². The molecular formula is C12H27N3O2. The number of rotatable bonds is 11. The van der Waals surface area contributed by atoms with Gasteiger partial charge in [0.05, 0.1) is 12.1 Å². The Morgan fingerprint density at radius 3 is 1.94 bits per heavy atom. The van der Waals surface area contributed by atoms with Crippen LogP contribution in [0, 0.1) is 5.92 Å². The first-order valence-electron chi connectivity index (χ1n) is 6.52. The van der Waals surface area contributed by atoms with E-state index in [1.165, 1.54) is 0 Å². The van der Waals surface area contributed by atoms with Gasteiger partial charge in [0.2, 0.25) is 0 Å². The van der Waals surface area contributed by atoms with Gasteiger partial charge in [0.1, 0.15) is 0 Å². The zero-order chi connectivity index (χ0) is 13.1. The van der Waals surface area contributed by atoms with Gasteiger partial charge in [-0.3, -0.25) is 4.79 Å². The normalized spacial score (nSPS) is 12.9. The molecule has 17 heavy (non-hydrogen) atoms. The molecule has 0 aliphatic rings. The fraction of sp³-hybridized carbons (Fsp3) is 0.917. The van der Waals surface area contributed by atoms with Crippen molar-refractivity contribution in [3.8, 4) is 0 Å². The van der Waals surface area contributed by atoms with E-state index in [1.807, 2.05) is 0 Å². The first kappa shape index (κ1) is 16.4. The topological polar surface area (TPSA) is 115 Å². The molecule has 0 rings (SSSR count). The van der Waals surface area contributed by atoms with Gasteiger partial charge in [-0.05, 0) is 32.2 Å². The fourth-order valence-electron chi connectivity index (χ4n) is 1.87. The standard InChI is InChI=1S/C12H27N3O2/c13-9-5-4-7-10(12(16)17)6-2-1-3-8-11(14)15/h10-11H,1-9,13-15H2,(H,16,17). The number of nitrogens with two attached hydrogens (primary N) is 3. The quantitative estimate of drug-likeness (QED) is 0.320. The second kappa shape index (κ2) is 10.5. The maximum absolute atomic E-state index is 11.0. The molecule has 0 amide bonds. The van der Waals surface area contributed by atoms with Crippen molar-refractivity contribution in [1.29, 1.82) is 0 Å². The highest BCUT2D eigenvalue weighted by molar-refractivity contribution is 5.69. The third-order valence-corrected chi connectivity index (χ3v) is 2.95. The molecule has 0 aliphatic heterocycles. The number of aliphatic carboxylic acids is 1. The highest BCUT2D eigenvalue weighted by Gasteiger charge is 2.15. The lowest BCUT2D eigenvalue weighted by Crippen LogP contribution is -2.29. The number of carboxylic acids is 1. The van der Waals surface area contributed by atoms with Crippen molar-refractivity contribution in [3.63, 3.8) is 0 Å². The zero-order valence-electron chi connectivity index (χ0n) is 10.6. The van der Waals surface area contributed by atoms with Gasteiger partial charge in [-0.25, -0.2) is 0 Å². The first-order chi connectivity index (χ1) is 8.07. The second-order valence-electron chi connectivity index (χ2n) is 4.62. The van der Waals surface area contributed by atoms with Crippen LogP contribution in [0.5, 0.6) is 0 Å². The molecule has 0 bridgehead atoms. The Labute approximate surface area is 104 Å². The predicted molar refractivity (Wildman–Crippen MR) is 69.3 cm³/mol. The van der Waals surface area contributed by atoms with Crippen molar-refractivity contribution in [2.45, 2.75) is 57.5 Å². The molecule has 5 nitrogen and oxygen atoms in total. The smallest absolute Gasteiger partial charge is 0.306 e. The molecule has 0 saturated carbocycles. The zero-order valence-corrected chi connectivity index (χ0v) is 10.6. The summed E-state index contributed by atoms with van der Waals surface area (Å²) in [6.45, 7) is 0.640. The average Bonchev–Trinajstić information content (AvgIpc) is 2.25. The highest BCUT2D eigenvalue weighted by Crippen LogP contribution is 2.17. The Morgan fingerprint density at radius 2 is 1.47 bits per heavy atom. The highest BCUT2D eigenvalue weighted by atomic mass is 16.4. The molecule has 0 radical (unpaired) electrons. The maximum atomic E-state index is 11.0. The summed E-state index contributed by atoms with van der Waals surface area (Å²) in [6, 6.07) is 0. The lowest BCUT2D eigenvalue weighted by Gasteiger charge is -2.12. The average molecular weight is 245 g/mol. The summed E-state index contributed by atoms with van der Waals surface area (Å²) >= 11 is 0. The minimum atomic E-state index is -0.683. The van der Waals surface area contributed by atoms with E-state index in [9.17, 15) is 4.79 Å². The van der Waals surface area contributed by atoms with Gasteiger partial charge >= 0.3 is 5.97 Å². The SMILES string of the molecule is NCCCCC(CCCCCC(N)N)C(=O)O. The summed E-state index contributed by atoms with van der Waals surface area (Å²) in [6.07, 6.45) is 6.79. The summed E-state index contributed by atoms with van der Waals surface area (Å²) in [7, 11) is 0. The molecule has 0 saturated heterocycles. The second-order valence-corrected chi connectivity index (χ2v) is 4.62. The van der Waals surface area contributed by atoms with Crippen LogP contribution >= 0.6 is 0 Å².